The lowest BCUT2D eigenvalue weighted by molar-refractivity contribution is -0.153. The summed E-state index contributed by atoms with van der Waals surface area (Å²) in [7, 11) is 0. The Hall–Kier alpha value is -0.710. The van der Waals surface area contributed by atoms with Crippen molar-refractivity contribution in [2.75, 3.05) is 12.3 Å². The number of hydrogen-bond acceptors (Lipinski definition) is 3. The van der Waals surface area contributed by atoms with Gasteiger partial charge in [0, 0.05) is 13.0 Å². The number of rotatable bonds is 3. The van der Waals surface area contributed by atoms with Crippen LogP contribution in [0.25, 0.3) is 0 Å². The number of thiol groups is 1. The second kappa shape index (κ2) is 4.65. The molecule has 5 heteroatoms. The molecule has 1 saturated heterocycles. The molecule has 1 fully saturated rings. The van der Waals surface area contributed by atoms with Gasteiger partial charge in [0.05, 0.1) is 0 Å². The fourth-order valence-electron chi connectivity index (χ4n) is 2.15. The molecule has 2 unspecified atom stereocenters. The summed E-state index contributed by atoms with van der Waals surface area (Å²) in [4.78, 5) is 24.5. The first-order valence-corrected chi connectivity index (χ1v) is 6.03. The van der Waals surface area contributed by atoms with Gasteiger partial charge in [0.1, 0.15) is 6.04 Å². The van der Waals surface area contributed by atoms with Crippen LogP contribution in [0.1, 0.15) is 27.2 Å². The first-order chi connectivity index (χ1) is 7.27. The zero-order valence-corrected chi connectivity index (χ0v) is 10.8. The molecule has 16 heavy (non-hydrogen) atoms. The van der Waals surface area contributed by atoms with Crippen LogP contribution in [-0.4, -0.2) is 40.2 Å². The van der Waals surface area contributed by atoms with Gasteiger partial charge in [0.2, 0.25) is 5.91 Å². The number of likely N-dealkylation sites (tertiary alicyclic amines) is 1. The number of amides is 1. The van der Waals surface area contributed by atoms with Gasteiger partial charge in [-0.25, -0.2) is 4.79 Å². The van der Waals surface area contributed by atoms with Gasteiger partial charge >= 0.3 is 5.97 Å². The molecule has 0 spiro atoms. The normalized spacial score (nSPS) is 23.6. The zero-order valence-electron chi connectivity index (χ0n) is 9.93. The van der Waals surface area contributed by atoms with Crippen LogP contribution in [0, 0.1) is 11.3 Å². The minimum atomic E-state index is -0.930. The third-order valence-corrected chi connectivity index (χ3v) is 3.38. The molecule has 92 valence electrons. The molecule has 0 saturated carbocycles. The number of nitrogens with zero attached hydrogens (tertiary/aromatic N) is 1. The van der Waals surface area contributed by atoms with Crippen LogP contribution in [0.4, 0.5) is 0 Å². The number of aliphatic carboxylic acids is 1. The average molecular weight is 245 g/mol. The quantitative estimate of drug-likeness (QED) is 0.736. The van der Waals surface area contributed by atoms with Crippen LogP contribution in [0.2, 0.25) is 0 Å². The van der Waals surface area contributed by atoms with Crippen LogP contribution < -0.4 is 0 Å². The highest BCUT2D eigenvalue weighted by atomic mass is 32.1. The van der Waals surface area contributed by atoms with Crippen LogP contribution in [0.15, 0.2) is 0 Å². The Kier molecular flexibility index (Phi) is 3.88. The van der Waals surface area contributed by atoms with E-state index in [0.717, 1.165) is 0 Å². The largest absolute Gasteiger partial charge is 0.480 e. The summed E-state index contributed by atoms with van der Waals surface area (Å²) in [6.45, 7) is 6.03. The van der Waals surface area contributed by atoms with E-state index in [0.29, 0.717) is 18.7 Å². The van der Waals surface area contributed by atoms with E-state index in [1.54, 1.807) is 0 Å². The molecule has 0 aromatic carbocycles. The number of carbonyl (C=O) groups excluding carboxylic acids is 1. The van der Waals surface area contributed by atoms with E-state index in [-0.39, 0.29) is 11.8 Å². The number of hydrogen-bond donors (Lipinski definition) is 2. The molecule has 1 rings (SSSR count). The monoisotopic (exact) mass is 245 g/mol. The fourth-order valence-corrected chi connectivity index (χ4v) is 2.40. The van der Waals surface area contributed by atoms with Crippen molar-refractivity contribution in [1.29, 1.82) is 0 Å². The molecule has 4 nitrogen and oxygen atoms in total. The SMILES string of the molecule is CC(C)(C)C(C(=O)O)N1CC(CS)CC1=O. The van der Waals surface area contributed by atoms with Crippen molar-refractivity contribution >= 4 is 24.5 Å². The second-order valence-corrected chi connectivity index (χ2v) is 5.77. The summed E-state index contributed by atoms with van der Waals surface area (Å²) in [5.41, 5.74) is -0.451. The molecule has 0 bridgehead atoms. The van der Waals surface area contributed by atoms with Gasteiger partial charge in [0.25, 0.3) is 0 Å². The summed E-state index contributed by atoms with van der Waals surface area (Å²) in [6, 6.07) is -0.745. The van der Waals surface area contributed by atoms with E-state index < -0.39 is 17.4 Å². The molecule has 1 heterocycles. The number of carboxylic acid groups (broad SMARTS) is 1. The second-order valence-electron chi connectivity index (χ2n) is 5.41. The molecule has 1 aliphatic heterocycles. The molecule has 2 atom stereocenters. The van der Waals surface area contributed by atoms with Crippen molar-refractivity contribution < 1.29 is 14.7 Å². The minimum Gasteiger partial charge on any atom is -0.480 e. The summed E-state index contributed by atoms with van der Waals surface area (Å²) < 4.78 is 0. The van der Waals surface area contributed by atoms with Gasteiger partial charge in [-0.3, -0.25) is 4.79 Å². The molecule has 0 aliphatic carbocycles. The lowest BCUT2D eigenvalue weighted by Gasteiger charge is -2.34. The van der Waals surface area contributed by atoms with E-state index >= 15 is 0 Å². The third-order valence-electron chi connectivity index (χ3n) is 2.86. The van der Waals surface area contributed by atoms with Crippen LogP contribution >= 0.6 is 12.6 Å². The lowest BCUT2D eigenvalue weighted by atomic mass is 9.85. The summed E-state index contributed by atoms with van der Waals surface area (Å²) in [5.74, 6) is -0.194. The zero-order chi connectivity index (χ0) is 12.5. The summed E-state index contributed by atoms with van der Waals surface area (Å²) in [5, 5.41) is 9.23. The molecular formula is C11H19NO3S. The highest BCUT2D eigenvalue weighted by molar-refractivity contribution is 7.80. The Morgan fingerprint density at radius 1 is 1.62 bits per heavy atom. The van der Waals surface area contributed by atoms with E-state index in [2.05, 4.69) is 12.6 Å². The van der Waals surface area contributed by atoms with Crippen LogP contribution in [-0.2, 0) is 9.59 Å². The number of carboxylic acids is 1. The van der Waals surface area contributed by atoms with Gasteiger partial charge in [0.15, 0.2) is 0 Å². The number of carbonyl (C=O) groups is 2. The smallest absolute Gasteiger partial charge is 0.326 e. The lowest BCUT2D eigenvalue weighted by Crippen LogP contribution is -2.50. The Morgan fingerprint density at radius 3 is 2.50 bits per heavy atom. The summed E-state index contributed by atoms with van der Waals surface area (Å²) >= 11 is 4.16. The fraction of sp³-hybridized carbons (Fsp3) is 0.818. The molecule has 0 radical (unpaired) electrons. The van der Waals surface area contributed by atoms with E-state index in [9.17, 15) is 14.7 Å². The summed E-state index contributed by atoms with van der Waals surface area (Å²) in [6.07, 6.45) is 0.420. The molecule has 0 aromatic rings. The first-order valence-electron chi connectivity index (χ1n) is 5.40. The van der Waals surface area contributed by atoms with Crippen molar-refractivity contribution in [2.24, 2.45) is 11.3 Å². The first kappa shape index (κ1) is 13.4. The van der Waals surface area contributed by atoms with Gasteiger partial charge in [-0.05, 0) is 17.1 Å². The van der Waals surface area contributed by atoms with Crippen molar-refractivity contribution in [3.05, 3.63) is 0 Å². The highest BCUT2D eigenvalue weighted by Gasteiger charge is 2.43. The standard InChI is InChI=1S/C11H19NO3S/c1-11(2,3)9(10(14)15)12-5-7(6-16)4-8(12)13/h7,9,16H,4-6H2,1-3H3,(H,14,15). The molecule has 1 aliphatic rings. The maximum Gasteiger partial charge on any atom is 0.326 e. The maximum absolute atomic E-state index is 11.8. The van der Waals surface area contributed by atoms with Crippen LogP contribution in [0.5, 0.6) is 0 Å². The van der Waals surface area contributed by atoms with Crippen LogP contribution in [0.3, 0.4) is 0 Å². The Balaban J connectivity index is 2.89. The highest BCUT2D eigenvalue weighted by Crippen LogP contribution is 2.30. The third kappa shape index (κ3) is 2.70. The Labute approximate surface area is 101 Å². The van der Waals surface area contributed by atoms with Gasteiger partial charge < -0.3 is 10.0 Å². The predicted molar refractivity (Wildman–Crippen MR) is 64.6 cm³/mol. The average Bonchev–Trinajstić information content (AvgIpc) is 2.44. The van der Waals surface area contributed by atoms with Crippen molar-refractivity contribution in [3.8, 4) is 0 Å². The topological polar surface area (TPSA) is 57.6 Å². The maximum atomic E-state index is 11.8. The van der Waals surface area contributed by atoms with E-state index in [1.165, 1.54) is 4.90 Å². The molecule has 1 N–H and O–H groups in total. The molecule has 1 amide bonds. The Morgan fingerprint density at radius 2 is 2.19 bits per heavy atom. The van der Waals surface area contributed by atoms with Gasteiger partial charge in [-0.1, -0.05) is 20.8 Å². The van der Waals surface area contributed by atoms with E-state index in [1.807, 2.05) is 20.8 Å². The van der Waals surface area contributed by atoms with Crippen molar-refractivity contribution in [1.82, 2.24) is 4.90 Å². The van der Waals surface area contributed by atoms with E-state index in [4.69, 9.17) is 0 Å². The van der Waals surface area contributed by atoms with Crippen molar-refractivity contribution in [3.63, 3.8) is 0 Å². The molecule has 0 aromatic heterocycles. The minimum absolute atomic E-state index is 0.0682. The molecular weight excluding hydrogens is 226 g/mol. The Bertz CT molecular complexity index is 298. The van der Waals surface area contributed by atoms with Gasteiger partial charge in [-0.15, -0.1) is 0 Å². The predicted octanol–water partition coefficient (Wildman–Crippen LogP) is 1.26. The van der Waals surface area contributed by atoms with Crippen molar-refractivity contribution in [2.45, 2.75) is 33.2 Å². The van der Waals surface area contributed by atoms with Gasteiger partial charge in [-0.2, -0.15) is 12.6 Å².